The van der Waals surface area contributed by atoms with Crippen molar-refractivity contribution in [1.29, 1.82) is 0 Å². The lowest BCUT2D eigenvalue weighted by Crippen LogP contribution is -2.28. The van der Waals surface area contributed by atoms with E-state index in [-0.39, 0.29) is 15.9 Å². The summed E-state index contributed by atoms with van der Waals surface area (Å²) >= 11 is 0. The molecule has 1 aromatic rings. The lowest BCUT2D eigenvalue weighted by molar-refractivity contribution is 0.0223. The average Bonchev–Trinajstić information content (AvgIpc) is 2.89. The first-order chi connectivity index (χ1) is 9.29. The van der Waals surface area contributed by atoms with Crippen LogP contribution in [0.2, 0.25) is 0 Å². The minimum absolute atomic E-state index is 0.0251. The molecule has 0 unspecified atom stereocenters. The molecule has 0 aliphatic heterocycles. The maximum atomic E-state index is 12.0. The Labute approximate surface area is 119 Å². The summed E-state index contributed by atoms with van der Waals surface area (Å²) in [5.74, 6) is 0. The second kappa shape index (κ2) is 5.80. The van der Waals surface area contributed by atoms with Crippen LogP contribution < -0.4 is 4.89 Å². The first-order valence-corrected chi connectivity index (χ1v) is 9.64. The van der Waals surface area contributed by atoms with Gasteiger partial charge in [-0.15, -0.1) is 0 Å². The second-order valence-corrected chi connectivity index (χ2v) is 8.52. The molecule has 112 valence electrons. The summed E-state index contributed by atoms with van der Waals surface area (Å²) in [7, 11) is -7.11. The van der Waals surface area contributed by atoms with Gasteiger partial charge in [0, 0.05) is 6.26 Å². The van der Waals surface area contributed by atoms with E-state index in [4.69, 9.17) is 4.84 Å². The number of hydrogen-bond acceptors (Lipinski definition) is 5. The van der Waals surface area contributed by atoms with Gasteiger partial charge < -0.3 is 0 Å². The van der Waals surface area contributed by atoms with Gasteiger partial charge in [0.1, 0.15) is 0 Å². The van der Waals surface area contributed by atoms with Crippen molar-refractivity contribution in [3.63, 3.8) is 0 Å². The highest BCUT2D eigenvalue weighted by Gasteiger charge is 2.21. The summed E-state index contributed by atoms with van der Waals surface area (Å²) in [5, 5.41) is 0. The molecule has 1 N–H and O–H groups in total. The van der Waals surface area contributed by atoms with Crippen LogP contribution in [0.25, 0.3) is 0 Å². The lowest BCUT2D eigenvalue weighted by Gasteiger charge is -2.12. The summed E-state index contributed by atoms with van der Waals surface area (Å²) in [4.78, 5) is 7.31. The van der Waals surface area contributed by atoms with Crippen LogP contribution >= 0.6 is 0 Å². The van der Waals surface area contributed by atoms with Gasteiger partial charge in [-0.3, -0.25) is 4.84 Å². The van der Waals surface area contributed by atoms with Gasteiger partial charge in [0.2, 0.25) is 0 Å². The summed E-state index contributed by atoms with van der Waals surface area (Å²) in [6, 6.07) is 5.02. The Bertz CT molecular complexity index is 658. The van der Waals surface area contributed by atoms with E-state index in [1.165, 1.54) is 24.3 Å². The van der Waals surface area contributed by atoms with Crippen molar-refractivity contribution in [2.75, 3.05) is 6.26 Å². The zero-order valence-electron chi connectivity index (χ0n) is 11.1. The Morgan fingerprint density at radius 3 is 2.00 bits per heavy atom. The van der Waals surface area contributed by atoms with E-state index in [0.29, 0.717) is 0 Å². The predicted octanol–water partition coefficient (Wildman–Crippen LogP) is 1.24. The molecule has 0 spiro atoms. The Kier molecular flexibility index (Phi) is 4.48. The molecule has 0 bridgehead atoms. The van der Waals surface area contributed by atoms with Crippen molar-refractivity contribution in [2.45, 2.75) is 41.6 Å². The molecule has 0 atom stereocenters. The standard InChI is InChI=1S/C12H17NO5S2/c1-19(14,15)11-6-8-12(9-7-11)20(16,17)13-18-10-4-2-3-5-10/h6-10,13H,2-5H2,1H3. The quantitative estimate of drug-likeness (QED) is 0.825. The molecule has 8 heteroatoms. The highest BCUT2D eigenvalue weighted by Crippen LogP contribution is 2.21. The van der Waals surface area contributed by atoms with E-state index in [2.05, 4.69) is 4.89 Å². The summed E-state index contributed by atoms with van der Waals surface area (Å²) in [6.45, 7) is 0. The highest BCUT2D eigenvalue weighted by molar-refractivity contribution is 7.90. The van der Waals surface area contributed by atoms with E-state index < -0.39 is 19.9 Å². The van der Waals surface area contributed by atoms with Crippen LogP contribution in [-0.4, -0.2) is 29.2 Å². The van der Waals surface area contributed by atoms with E-state index >= 15 is 0 Å². The smallest absolute Gasteiger partial charge is 0.262 e. The topological polar surface area (TPSA) is 89.5 Å². The van der Waals surface area contributed by atoms with E-state index in [1.807, 2.05) is 0 Å². The molecule has 0 amide bonds. The van der Waals surface area contributed by atoms with Gasteiger partial charge in [0.05, 0.1) is 15.9 Å². The molecule has 1 aliphatic carbocycles. The van der Waals surface area contributed by atoms with E-state index in [9.17, 15) is 16.8 Å². The maximum Gasteiger partial charge on any atom is 0.262 e. The number of rotatable bonds is 5. The van der Waals surface area contributed by atoms with Crippen LogP contribution in [0.4, 0.5) is 0 Å². The molecule has 0 radical (unpaired) electrons. The molecule has 6 nitrogen and oxygen atoms in total. The molecule has 1 aromatic carbocycles. The third-order valence-corrected chi connectivity index (χ3v) is 5.53. The van der Waals surface area contributed by atoms with Crippen LogP contribution in [0.5, 0.6) is 0 Å². The van der Waals surface area contributed by atoms with Crippen molar-refractivity contribution < 1.29 is 21.7 Å². The van der Waals surface area contributed by atoms with Gasteiger partial charge >= 0.3 is 0 Å². The third-order valence-electron chi connectivity index (χ3n) is 3.19. The first-order valence-electron chi connectivity index (χ1n) is 6.26. The number of nitrogens with one attached hydrogen (secondary N) is 1. The second-order valence-electron chi connectivity index (χ2n) is 4.85. The lowest BCUT2D eigenvalue weighted by atomic mass is 10.3. The zero-order valence-corrected chi connectivity index (χ0v) is 12.7. The minimum atomic E-state index is -3.78. The largest absolute Gasteiger partial charge is 0.284 e. The zero-order chi connectivity index (χ0) is 14.8. The van der Waals surface area contributed by atoms with Crippen LogP contribution in [0.3, 0.4) is 0 Å². The molecule has 2 rings (SSSR count). The number of hydrogen-bond donors (Lipinski definition) is 1. The van der Waals surface area contributed by atoms with Crippen LogP contribution in [0.15, 0.2) is 34.1 Å². The maximum absolute atomic E-state index is 12.0. The fourth-order valence-electron chi connectivity index (χ4n) is 2.05. The predicted molar refractivity (Wildman–Crippen MR) is 73.2 cm³/mol. The third kappa shape index (κ3) is 3.78. The van der Waals surface area contributed by atoms with Gasteiger partial charge in [-0.25, -0.2) is 16.8 Å². The Balaban J connectivity index is 2.09. The van der Waals surface area contributed by atoms with Gasteiger partial charge in [-0.1, -0.05) is 17.7 Å². The van der Waals surface area contributed by atoms with Gasteiger partial charge in [0.15, 0.2) is 9.84 Å². The average molecular weight is 319 g/mol. The van der Waals surface area contributed by atoms with Gasteiger partial charge in [-0.2, -0.15) is 0 Å². The van der Waals surface area contributed by atoms with Crippen molar-refractivity contribution in [1.82, 2.24) is 4.89 Å². The monoisotopic (exact) mass is 319 g/mol. The Morgan fingerprint density at radius 2 is 1.50 bits per heavy atom. The van der Waals surface area contributed by atoms with Crippen LogP contribution in [-0.2, 0) is 24.7 Å². The summed E-state index contributed by atoms with van der Waals surface area (Å²) < 4.78 is 46.5. The number of sulfonamides is 1. The fourth-order valence-corrected chi connectivity index (χ4v) is 3.54. The van der Waals surface area contributed by atoms with E-state index in [1.54, 1.807) is 0 Å². The van der Waals surface area contributed by atoms with Crippen LogP contribution in [0.1, 0.15) is 25.7 Å². The fraction of sp³-hybridized carbons (Fsp3) is 0.500. The molecule has 20 heavy (non-hydrogen) atoms. The van der Waals surface area contributed by atoms with Crippen molar-refractivity contribution in [2.24, 2.45) is 0 Å². The number of sulfone groups is 1. The number of benzene rings is 1. The molecule has 0 heterocycles. The Morgan fingerprint density at radius 1 is 1.00 bits per heavy atom. The molecular formula is C12H17NO5S2. The van der Waals surface area contributed by atoms with Gasteiger partial charge in [0.25, 0.3) is 10.0 Å². The van der Waals surface area contributed by atoms with Gasteiger partial charge in [-0.05, 0) is 37.1 Å². The molecule has 1 fully saturated rings. The summed E-state index contributed by atoms with van der Waals surface area (Å²) in [6.07, 6.45) is 4.74. The minimum Gasteiger partial charge on any atom is -0.284 e. The molecule has 0 saturated heterocycles. The van der Waals surface area contributed by atoms with Crippen molar-refractivity contribution in [3.8, 4) is 0 Å². The molecular weight excluding hydrogens is 302 g/mol. The van der Waals surface area contributed by atoms with E-state index in [0.717, 1.165) is 31.9 Å². The normalized spacial score (nSPS) is 17.4. The van der Waals surface area contributed by atoms with Crippen molar-refractivity contribution in [3.05, 3.63) is 24.3 Å². The molecule has 1 saturated carbocycles. The first kappa shape index (κ1) is 15.4. The highest BCUT2D eigenvalue weighted by atomic mass is 32.2. The van der Waals surface area contributed by atoms with Crippen LogP contribution in [0, 0.1) is 0 Å². The summed E-state index contributed by atoms with van der Waals surface area (Å²) in [5.41, 5.74) is 0. The molecule has 1 aliphatic rings. The molecule has 0 aromatic heterocycles. The van der Waals surface area contributed by atoms with Crippen molar-refractivity contribution >= 4 is 19.9 Å². The Hall–Kier alpha value is -0.960. The SMILES string of the molecule is CS(=O)(=O)c1ccc(S(=O)(=O)NOC2CCCC2)cc1.